The summed E-state index contributed by atoms with van der Waals surface area (Å²) in [5.74, 6) is -0.232. The molecule has 0 saturated heterocycles. The molecule has 0 spiro atoms. The molecule has 0 saturated carbocycles. The summed E-state index contributed by atoms with van der Waals surface area (Å²) in [6, 6.07) is 7.77. The Morgan fingerprint density at radius 2 is 2.11 bits per heavy atom. The molecule has 0 aliphatic heterocycles. The molecule has 0 aliphatic rings. The summed E-state index contributed by atoms with van der Waals surface area (Å²) in [5.41, 5.74) is 0.935. The number of fused-ring (bicyclic) bond motifs is 1. The van der Waals surface area contributed by atoms with Crippen molar-refractivity contribution in [1.82, 2.24) is 4.98 Å². The minimum atomic E-state index is -0.232. The van der Waals surface area contributed by atoms with Crippen molar-refractivity contribution in [2.24, 2.45) is 0 Å². The van der Waals surface area contributed by atoms with Crippen molar-refractivity contribution in [2.75, 3.05) is 6.61 Å². The molecule has 3 nitrogen and oxygen atoms in total. The first kappa shape index (κ1) is 13.6. The number of nitrogens with zero attached hydrogens (tertiary/aromatic N) is 1. The molecule has 0 fully saturated rings. The van der Waals surface area contributed by atoms with Crippen molar-refractivity contribution in [3.63, 3.8) is 0 Å². The van der Waals surface area contributed by atoms with Crippen LogP contribution in [0.15, 0.2) is 36.5 Å². The molecular formula is C15H14ClNO2. The summed E-state index contributed by atoms with van der Waals surface area (Å²) >= 11 is 6.05. The molecule has 0 N–H and O–H groups in total. The maximum atomic E-state index is 11.2. The number of hydrogen-bond acceptors (Lipinski definition) is 3. The number of aromatic nitrogens is 1. The Bertz CT molecular complexity index is 623. The van der Waals surface area contributed by atoms with Crippen molar-refractivity contribution < 1.29 is 9.53 Å². The van der Waals surface area contributed by atoms with Gasteiger partial charge in [0.25, 0.3) is 0 Å². The van der Waals surface area contributed by atoms with Gasteiger partial charge < -0.3 is 4.74 Å². The van der Waals surface area contributed by atoms with Crippen LogP contribution in [0, 0.1) is 0 Å². The molecule has 0 amide bonds. The maximum absolute atomic E-state index is 11.2. The zero-order chi connectivity index (χ0) is 13.7. The molecular weight excluding hydrogens is 262 g/mol. The van der Waals surface area contributed by atoms with Gasteiger partial charge in [0, 0.05) is 17.1 Å². The van der Waals surface area contributed by atoms with Gasteiger partial charge in [-0.25, -0.2) is 4.98 Å². The van der Waals surface area contributed by atoms with Gasteiger partial charge in [-0.15, -0.1) is 0 Å². The smallest absolute Gasteiger partial charge is 0.309 e. The number of ether oxygens (including phenoxy) is 1. The third-order valence-electron chi connectivity index (χ3n) is 2.66. The monoisotopic (exact) mass is 275 g/mol. The number of hydrogen-bond donors (Lipinski definition) is 0. The van der Waals surface area contributed by atoms with Crippen LogP contribution in [0.4, 0.5) is 0 Å². The Labute approximate surface area is 116 Å². The van der Waals surface area contributed by atoms with Crippen LogP contribution in [0.25, 0.3) is 16.8 Å². The standard InChI is InChI=1S/C15H14ClNO2/c1-2-19-14(18)9-5-6-11-10-17-15(16)13-8-4-3-7-12(11)13/h3-8,10H,2,9H2,1H3. The van der Waals surface area contributed by atoms with Crippen LogP contribution >= 0.6 is 11.6 Å². The number of carbonyl (C=O) groups excluding carboxylic acids is 1. The highest BCUT2D eigenvalue weighted by Crippen LogP contribution is 2.24. The predicted molar refractivity (Wildman–Crippen MR) is 77.0 cm³/mol. The summed E-state index contributed by atoms with van der Waals surface area (Å²) in [4.78, 5) is 15.4. The molecule has 2 aromatic rings. The van der Waals surface area contributed by atoms with E-state index in [1.54, 1.807) is 19.2 Å². The van der Waals surface area contributed by atoms with Gasteiger partial charge in [-0.2, -0.15) is 0 Å². The second kappa shape index (κ2) is 6.34. The van der Waals surface area contributed by atoms with E-state index in [1.165, 1.54) is 0 Å². The number of carbonyl (C=O) groups is 1. The van der Waals surface area contributed by atoms with Gasteiger partial charge in [-0.1, -0.05) is 48.0 Å². The van der Waals surface area contributed by atoms with Crippen LogP contribution in [0.3, 0.4) is 0 Å². The minimum absolute atomic E-state index is 0.232. The van der Waals surface area contributed by atoms with Crippen molar-refractivity contribution in [3.8, 4) is 0 Å². The molecule has 0 radical (unpaired) electrons. The van der Waals surface area contributed by atoms with Crippen LogP contribution in [-0.4, -0.2) is 17.6 Å². The Balaban J connectivity index is 2.24. The average molecular weight is 276 g/mol. The molecule has 1 aromatic heterocycles. The molecule has 1 aromatic carbocycles. The van der Waals surface area contributed by atoms with Crippen LogP contribution < -0.4 is 0 Å². The molecule has 4 heteroatoms. The van der Waals surface area contributed by atoms with E-state index in [9.17, 15) is 4.79 Å². The Hall–Kier alpha value is -1.87. The summed E-state index contributed by atoms with van der Waals surface area (Å²) in [6.07, 6.45) is 5.59. The van der Waals surface area contributed by atoms with E-state index in [0.29, 0.717) is 11.8 Å². The quantitative estimate of drug-likeness (QED) is 0.628. The predicted octanol–water partition coefficient (Wildman–Crippen LogP) is 3.85. The van der Waals surface area contributed by atoms with E-state index < -0.39 is 0 Å². The Morgan fingerprint density at radius 3 is 2.84 bits per heavy atom. The number of pyridine rings is 1. The van der Waals surface area contributed by atoms with E-state index in [0.717, 1.165) is 16.3 Å². The number of benzene rings is 1. The van der Waals surface area contributed by atoms with Gasteiger partial charge in [0.2, 0.25) is 0 Å². The van der Waals surface area contributed by atoms with Crippen LogP contribution in [0.5, 0.6) is 0 Å². The maximum Gasteiger partial charge on any atom is 0.309 e. The van der Waals surface area contributed by atoms with Crippen LogP contribution in [-0.2, 0) is 9.53 Å². The lowest BCUT2D eigenvalue weighted by Gasteiger charge is -2.03. The second-order valence-electron chi connectivity index (χ2n) is 3.96. The topological polar surface area (TPSA) is 39.2 Å². The fraction of sp³-hybridized carbons (Fsp3) is 0.200. The highest BCUT2D eigenvalue weighted by atomic mass is 35.5. The van der Waals surface area contributed by atoms with Gasteiger partial charge in [-0.3, -0.25) is 4.79 Å². The molecule has 98 valence electrons. The summed E-state index contributed by atoms with van der Waals surface area (Å²) in [5, 5.41) is 2.41. The Kier molecular flexibility index (Phi) is 4.53. The van der Waals surface area contributed by atoms with Crippen molar-refractivity contribution >= 4 is 34.4 Å². The van der Waals surface area contributed by atoms with Crippen LogP contribution in [0.2, 0.25) is 5.15 Å². The first-order valence-electron chi connectivity index (χ1n) is 6.07. The van der Waals surface area contributed by atoms with E-state index in [2.05, 4.69) is 4.98 Å². The van der Waals surface area contributed by atoms with Gasteiger partial charge in [0.1, 0.15) is 5.15 Å². The largest absolute Gasteiger partial charge is 0.466 e. The number of halogens is 1. The lowest BCUT2D eigenvalue weighted by atomic mass is 10.1. The third-order valence-corrected chi connectivity index (χ3v) is 2.97. The van der Waals surface area contributed by atoms with Crippen LogP contribution in [0.1, 0.15) is 18.9 Å². The second-order valence-corrected chi connectivity index (χ2v) is 4.32. The van der Waals surface area contributed by atoms with Crippen molar-refractivity contribution in [1.29, 1.82) is 0 Å². The molecule has 19 heavy (non-hydrogen) atoms. The molecule has 0 bridgehead atoms. The van der Waals surface area contributed by atoms with E-state index in [-0.39, 0.29) is 12.4 Å². The van der Waals surface area contributed by atoms with Crippen molar-refractivity contribution in [2.45, 2.75) is 13.3 Å². The summed E-state index contributed by atoms with van der Waals surface area (Å²) < 4.78 is 4.86. The summed E-state index contributed by atoms with van der Waals surface area (Å²) in [7, 11) is 0. The lowest BCUT2D eigenvalue weighted by molar-refractivity contribution is -0.142. The molecule has 0 atom stereocenters. The highest BCUT2D eigenvalue weighted by Gasteiger charge is 2.03. The van der Waals surface area contributed by atoms with Crippen molar-refractivity contribution in [3.05, 3.63) is 47.3 Å². The highest BCUT2D eigenvalue weighted by molar-refractivity contribution is 6.34. The summed E-state index contributed by atoms with van der Waals surface area (Å²) in [6.45, 7) is 2.19. The third kappa shape index (κ3) is 3.32. The van der Waals surface area contributed by atoms with Gasteiger partial charge in [0.15, 0.2) is 0 Å². The zero-order valence-corrected chi connectivity index (χ0v) is 11.4. The Morgan fingerprint density at radius 1 is 1.37 bits per heavy atom. The van der Waals surface area contributed by atoms with E-state index >= 15 is 0 Å². The molecule has 0 aliphatic carbocycles. The lowest BCUT2D eigenvalue weighted by Crippen LogP contribution is -2.01. The molecule has 1 heterocycles. The van der Waals surface area contributed by atoms with E-state index in [1.807, 2.05) is 30.3 Å². The molecule has 0 unspecified atom stereocenters. The normalized spacial score (nSPS) is 11.1. The SMILES string of the molecule is CCOC(=O)CC=Cc1cnc(Cl)c2ccccc12. The first-order valence-corrected chi connectivity index (χ1v) is 6.45. The first-order chi connectivity index (χ1) is 9.22. The van der Waals surface area contributed by atoms with Gasteiger partial charge in [0.05, 0.1) is 13.0 Å². The van der Waals surface area contributed by atoms with Gasteiger partial charge >= 0.3 is 5.97 Å². The fourth-order valence-corrected chi connectivity index (χ4v) is 2.03. The fourth-order valence-electron chi connectivity index (χ4n) is 1.81. The number of rotatable bonds is 4. The average Bonchev–Trinajstić information content (AvgIpc) is 2.42. The minimum Gasteiger partial charge on any atom is -0.466 e. The zero-order valence-electron chi connectivity index (χ0n) is 10.6. The van der Waals surface area contributed by atoms with E-state index in [4.69, 9.17) is 16.3 Å². The number of esters is 1. The van der Waals surface area contributed by atoms with Gasteiger partial charge in [-0.05, 0) is 12.3 Å². The molecule has 2 rings (SSSR count).